The van der Waals surface area contributed by atoms with E-state index in [1.54, 1.807) is 6.20 Å². The van der Waals surface area contributed by atoms with Crippen molar-refractivity contribution in [3.63, 3.8) is 0 Å². The third-order valence-corrected chi connectivity index (χ3v) is 2.44. The van der Waals surface area contributed by atoms with Gasteiger partial charge in [0.25, 0.3) is 5.92 Å². The van der Waals surface area contributed by atoms with Gasteiger partial charge in [0.05, 0.1) is 0 Å². The van der Waals surface area contributed by atoms with E-state index < -0.39 is 5.92 Å². The van der Waals surface area contributed by atoms with Gasteiger partial charge >= 0.3 is 0 Å². The molecule has 12 heavy (non-hydrogen) atoms. The van der Waals surface area contributed by atoms with Crippen LogP contribution in [0, 0.1) is 0 Å². The Balaban J connectivity index is 2.57. The lowest BCUT2D eigenvalue weighted by molar-refractivity contribution is -0.00191. The first-order valence-corrected chi connectivity index (χ1v) is 4.41. The van der Waals surface area contributed by atoms with Crippen LogP contribution in [0.15, 0.2) is 16.7 Å². The first kappa shape index (κ1) is 8.10. The van der Waals surface area contributed by atoms with Gasteiger partial charge in [-0.15, -0.1) is 0 Å². The molecule has 0 amide bonds. The number of pyridine rings is 1. The topological polar surface area (TPSA) is 12.9 Å². The third kappa shape index (κ3) is 1.14. The molecular weight excluding hydrogens is 228 g/mol. The Kier molecular flexibility index (Phi) is 1.68. The fourth-order valence-corrected chi connectivity index (χ4v) is 1.72. The molecule has 1 nitrogen and oxygen atoms in total. The second-order valence-corrected chi connectivity index (χ2v) is 3.77. The van der Waals surface area contributed by atoms with E-state index in [0.29, 0.717) is 16.6 Å². The lowest BCUT2D eigenvalue weighted by atomic mass is 10.2. The number of aromatic nitrogens is 1. The Labute approximate surface area is 76.9 Å². The molecule has 0 saturated carbocycles. The summed E-state index contributed by atoms with van der Waals surface area (Å²) in [5, 5.41) is 0. The number of hydrogen-bond acceptors (Lipinski definition) is 1. The number of nitrogens with zero attached hydrogens (tertiary/aromatic N) is 1. The number of aryl methyl sites for hydroxylation is 1. The molecule has 0 spiro atoms. The number of halogens is 3. The van der Waals surface area contributed by atoms with Gasteiger partial charge in [-0.2, -0.15) is 0 Å². The van der Waals surface area contributed by atoms with E-state index >= 15 is 0 Å². The van der Waals surface area contributed by atoms with Gasteiger partial charge in [0.2, 0.25) is 0 Å². The summed E-state index contributed by atoms with van der Waals surface area (Å²) < 4.78 is 26.7. The SMILES string of the molecule is FC1(F)CCc2ncc(Br)cc21. The summed E-state index contributed by atoms with van der Waals surface area (Å²) in [4.78, 5) is 3.93. The predicted molar refractivity (Wildman–Crippen MR) is 44.2 cm³/mol. The zero-order chi connectivity index (χ0) is 8.77. The summed E-state index contributed by atoms with van der Waals surface area (Å²) >= 11 is 3.12. The first-order chi connectivity index (χ1) is 5.59. The van der Waals surface area contributed by atoms with E-state index in [2.05, 4.69) is 20.9 Å². The summed E-state index contributed by atoms with van der Waals surface area (Å²) in [6.45, 7) is 0. The Morgan fingerprint density at radius 3 is 3.00 bits per heavy atom. The van der Waals surface area contributed by atoms with Crippen molar-refractivity contribution in [3.05, 3.63) is 28.0 Å². The molecular formula is C8H6BrF2N. The Morgan fingerprint density at radius 2 is 2.25 bits per heavy atom. The number of hydrogen-bond donors (Lipinski definition) is 0. The van der Waals surface area contributed by atoms with Crippen LogP contribution in [-0.4, -0.2) is 4.98 Å². The fraction of sp³-hybridized carbons (Fsp3) is 0.375. The summed E-state index contributed by atoms with van der Waals surface area (Å²) in [5.74, 6) is -2.67. The van der Waals surface area contributed by atoms with Crippen molar-refractivity contribution in [3.8, 4) is 0 Å². The number of fused-ring (bicyclic) bond motifs is 1. The maximum atomic E-state index is 13.1. The normalized spacial score (nSPS) is 19.2. The highest BCUT2D eigenvalue weighted by atomic mass is 79.9. The van der Waals surface area contributed by atoms with Crippen LogP contribution >= 0.6 is 15.9 Å². The van der Waals surface area contributed by atoms with Gasteiger partial charge in [0, 0.05) is 28.3 Å². The monoisotopic (exact) mass is 233 g/mol. The zero-order valence-electron chi connectivity index (χ0n) is 6.15. The van der Waals surface area contributed by atoms with Crippen LogP contribution in [0.4, 0.5) is 8.78 Å². The second-order valence-electron chi connectivity index (χ2n) is 2.85. The molecule has 2 rings (SSSR count). The van der Waals surface area contributed by atoms with Crippen LogP contribution in [0.5, 0.6) is 0 Å². The summed E-state index contributed by atoms with van der Waals surface area (Å²) in [5.41, 5.74) is 0.611. The summed E-state index contributed by atoms with van der Waals surface area (Å²) in [6.07, 6.45) is 1.83. The van der Waals surface area contributed by atoms with E-state index in [0.717, 1.165) is 0 Å². The molecule has 0 fully saturated rings. The van der Waals surface area contributed by atoms with Gasteiger partial charge < -0.3 is 0 Å². The smallest absolute Gasteiger partial charge is 0.260 e. The minimum atomic E-state index is -2.67. The van der Waals surface area contributed by atoms with Crippen molar-refractivity contribution in [2.24, 2.45) is 0 Å². The average molecular weight is 234 g/mol. The van der Waals surface area contributed by atoms with Crippen LogP contribution in [0.25, 0.3) is 0 Å². The van der Waals surface area contributed by atoms with Gasteiger partial charge in [0.1, 0.15) is 0 Å². The fourth-order valence-electron chi connectivity index (χ4n) is 1.39. The molecule has 0 radical (unpaired) electrons. The van der Waals surface area contributed by atoms with Crippen molar-refractivity contribution in [1.82, 2.24) is 4.98 Å². The van der Waals surface area contributed by atoms with E-state index in [1.165, 1.54) is 6.07 Å². The average Bonchev–Trinajstić information content (AvgIpc) is 2.28. The molecule has 1 aromatic rings. The molecule has 1 heterocycles. The highest BCUT2D eigenvalue weighted by molar-refractivity contribution is 9.10. The van der Waals surface area contributed by atoms with Crippen molar-refractivity contribution in [2.45, 2.75) is 18.8 Å². The van der Waals surface area contributed by atoms with Crippen LogP contribution in [0.3, 0.4) is 0 Å². The van der Waals surface area contributed by atoms with Crippen LogP contribution in [0.2, 0.25) is 0 Å². The predicted octanol–water partition coefficient (Wildman–Crippen LogP) is 2.88. The van der Waals surface area contributed by atoms with E-state index in [9.17, 15) is 8.78 Å². The van der Waals surface area contributed by atoms with Crippen LogP contribution in [-0.2, 0) is 12.3 Å². The van der Waals surface area contributed by atoms with Gasteiger partial charge in [-0.05, 0) is 28.4 Å². The third-order valence-electron chi connectivity index (χ3n) is 2.01. The maximum Gasteiger partial charge on any atom is 0.275 e. The number of rotatable bonds is 0. The first-order valence-electron chi connectivity index (χ1n) is 3.62. The Hall–Kier alpha value is -0.510. The zero-order valence-corrected chi connectivity index (χ0v) is 7.74. The summed E-state index contributed by atoms with van der Waals surface area (Å²) in [7, 11) is 0. The maximum absolute atomic E-state index is 13.1. The molecule has 0 unspecified atom stereocenters. The molecule has 1 aliphatic carbocycles. The molecule has 0 bridgehead atoms. The highest BCUT2D eigenvalue weighted by Gasteiger charge is 2.39. The minimum Gasteiger partial charge on any atom is -0.260 e. The standard InChI is InChI=1S/C8H6BrF2N/c9-5-3-6-7(12-4-5)1-2-8(6,10)11/h3-4H,1-2H2. The molecule has 4 heteroatoms. The molecule has 0 aromatic carbocycles. The molecule has 1 aliphatic rings. The second kappa shape index (κ2) is 2.49. The van der Waals surface area contributed by atoms with E-state index in [1.807, 2.05) is 0 Å². The lowest BCUT2D eigenvalue weighted by Crippen LogP contribution is -2.07. The molecule has 0 atom stereocenters. The van der Waals surface area contributed by atoms with Crippen molar-refractivity contribution in [2.75, 3.05) is 0 Å². The van der Waals surface area contributed by atoms with Gasteiger partial charge in [-0.3, -0.25) is 4.98 Å². The van der Waals surface area contributed by atoms with Crippen LogP contribution < -0.4 is 0 Å². The molecule has 1 aromatic heterocycles. The lowest BCUT2D eigenvalue weighted by Gasteiger charge is -2.08. The van der Waals surface area contributed by atoms with Gasteiger partial charge in [0.15, 0.2) is 0 Å². The highest BCUT2D eigenvalue weighted by Crippen LogP contribution is 2.41. The van der Waals surface area contributed by atoms with E-state index in [4.69, 9.17) is 0 Å². The summed E-state index contributed by atoms with van der Waals surface area (Å²) in [6, 6.07) is 1.45. The molecule has 0 aliphatic heterocycles. The van der Waals surface area contributed by atoms with Crippen molar-refractivity contribution in [1.29, 1.82) is 0 Å². The Morgan fingerprint density at radius 1 is 1.50 bits per heavy atom. The molecule has 0 N–H and O–H groups in total. The van der Waals surface area contributed by atoms with Crippen molar-refractivity contribution < 1.29 is 8.78 Å². The van der Waals surface area contributed by atoms with Crippen molar-refractivity contribution >= 4 is 15.9 Å². The van der Waals surface area contributed by atoms with Gasteiger partial charge in [-0.25, -0.2) is 8.78 Å². The largest absolute Gasteiger partial charge is 0.275 e. The minimum absolute atomic E-state index is 0.0804. The Bertz CT molecular complexity index is 325. The van der Waals surface area contributed by atoms with Crippen LogP contribution in [0.1, 0.15) is 17.7 Å². The van der Waals surface area contributed by atoms with E-state index in [-0.39, 0.29) is 12.0 Å². The number of alkyl halides is 2. The van der Waals surface area contributed by atoms with Gasteiger partial charge in [-0.1, -0.05) is 0 Å². The molecule has 64 valence electrons. The quantitative estimate of drug-likeness (QED) is 0.672. The molecule has 0 saturated heterocycles.